The smallest absolute Gasteiger partial charge is 0.319 e. The third kappa shape index (κ3) is 5.88. The number of piperidine rings is 1. The van der Waals surface area contributed by atoms with Crippen molar-refractivity contribution in [3.63, 3.8) is 0 Å². The maximum absolute atomic E-state index is 12.2. The van der Waals surface area contributed by atoms with Gasteiger partial charge in [0.15, 0.2) is 0 Å². The normalized spacial score (nSPS) is 17.4. The van der Waals surface area contributed by atoms with Crippen LogP contribution in [0.15, 0.2) is 18.3 Å². The number of hydrogen-bond donors (Lipinski definition) is 2. The van der Waals surface area contributed by atoms with Gasteiger partial charge in [0, 0.05) is 26.7 Å². The number of pyridine rings is 1. The number of nitrogens with zero attached hydrogens (tertiary/aromatic N) is 3. The number of aromatic nitrogens is 1. The first-order valence-corrected chi connectivity index (χ1v) is 9.29. The molecule has 1 aliphatic rings. The minimum Gasteiger partial charge on any atom is -0.363 e. The first-order valence-electron chi connectivity index (χ1n) is 9.29. The van der Waals surface area contributed by atoms with E-state index in [-0.39, 0.29) is 6.03 Å². The van der Waals surface area contributed by atoms with E-state index in [4.69, 9.17) is 0 Å². The van der Waals surface area contributed by atoms with Gasteiger partial charge in [0.25, 0.3) is 0 Å². The Morgan fingerprint density at radius 3 is 2.52 bits per heavy atom. The van der Waals surface area contributed by atoms with Crippen molar-refractivity contribution in [2.45, 2.75) is 39.7 Å². The second-order valence-corrected chi connectivity index (χ2v) is 7.66. The maximum Gasteiger partial charge on any atom is 0.319 e. The minimum absolute atomic E-state index is 0.171. The summed E-state index contributed by atoms with van der Waals surface area (Å²) in [5, 5.41) is 5.89. The number of rotatable bonds is 6. The van der Waals surface area contributed by atoms with Crippen LogP contribution in [0.3, 0.4) is 0 Å². The minimum atomic E-state index is -0.171. The van der Waals surface area contributed by atoms with Crippen LogP contribution >= 0.6 is 0 Å². The van der Waals surface area contributed by atoms with Crippen molar-refractivity contribution in [3.8, 4) is 0 Å². The van der Waals surface area contributed by atoms with Crippen molar-refractivity contribution in [1.82, 2.24) is 15.2 Å². The van der Waals surface area contributed by atoms with E-state index in [1.54, 1.807) is 6.20 Å². The average Bonchev–Trinajstić information content (AvgIpc) is 2.57. The van der Waals surface area contributed by atoms with Crippen LogP contribution in [0.5, 0.6) is 0 Å². The van der Waals surface area contributed by atoms with Crippen molar-refractivity contribution in [1.29, 1.82) is 0 Å². The number of anilines is 2. The lowest BCUT2D eigenvalue weighted by Gasteiger charge is -2.38. The van der Waals surface area contributed by atoms with E-state index >= 15 is 0 Å². The fourth-order valence-corrected chi connectivity index (χ4v) is 3.24. The monoisotopic (exact) mass is 347 g/mol. The summed E-state index contributed by atoms with van der Waals surface area (Å²) in [4.78, 5) is 21.0. The summed E-state index contributed by atoms with van der Waals surface area (Å²) in [6.07, 6.45) is 4.18. The third-order valence-electron chi connectivity index (χ3n) is 4.99. The van der Waals surface area contributed by atoms with Gasteiger partial charge in [0.1, 0.15) is 5.82 Å². The molecule has 2 rings (SSSR count). The van der Waals surface area contributed by atoms with Gasteiger partial charge >= 0.3 is 6.03 Å². The third-order valence-corrected chi connectivity index (χ3v) is 4.99. The van der Waals surface area contributed by atoms with E-state index in [9.17, 15) is 4.79 Å². The molecule has 0 aromatic carbocycles. The number of amides is 2. The molecule has 2 N–H and O–H groups in total. The van der Waals surface area contributed by atoms with Gasteiger partial charge in [-0.2, -0.15) is 0 Å². The molecular formula is C19H33N5O. The topological polar surface area (TPSA) is 60.5 Å². The van der Waals surface area contributed by atoms with Gasteiger partial charge < -0.3 is 15.5 Å². The SMILES string of the molecule is CC1CCN(C(CNC(=O)Nc2ccc(N(C)C)nc2)C(C)C)CC1. The number of hydrogen-bond acceptors (Lipinski definition) is 4. The second-order valence-electron chi connectivity index (χ2n) is 7.66. The molecule has 1 fully saturated rings. The van der Waals surface area contributed by atoms with Crippen LogP contribution < -0.4 is 15.5 Å². The number of carbonyl (C=O) groups is 1. The Morgan fingerprint density at radius 2 is 2.00 bits per heavy atom. The Kier molecular flexibility index (Phi) is 7.05. The highest BCUT2D eigenvalue weighted by Gasteiger charge is 2.25. The van der Waals surface area contributed by atoms with Crippen LogP contribution in [-0.4, -0.2) is 55.7 Å². The first kappa shape index (κ1) is 19.5. The molecule has 1 aromatic rings. The van der Waals surface area contributed by atoms with Gasteiger partial charge in [0.05, 0.1) is 11.9 Å². The molecule has 6 nitrogen and oxygen atoms in total. The quantitative estimate of drug-likeness (QED) is 0.830. The summed E-state index contributed by atoms with van der Waals surface area (Å²) in [7, 11) is 3.88. The Morgan fingerprint density at radius 1 is 1.32 bits per heavy atom. The molecule has 0 radical (unpaired) electrons. The molecular weight excluding hydrogens is 314 g/mol. The van der Waals surface area contributed by atoms with Crippen molar-refractivity contribution in [2.75, 3.05) is 43.9 Å². The molecule has 0 spiro atoms. The largest absolute Gasteiger partial charge is 0.363 e. The number of nitrogens with one attached hydrogen (secondary N) is 2. The Hall–Kier alpha value is -1.82. The summed E-state index contributed by atoms with van der Waals surface area (Å²) in [5.41, 5.74) is 0.705. The Labute approximate surface area is 152 Å². The summed E-state index contributed by atoms with van der Waals surface area (Å²) in [6.45, 7) is 9.70. The molecule has 140 valence electrons. The molecule has 25 heavy (non-hydrogen) atoms. The van der Waals surface area contributed by atoms with Gasteiger partial charge in [-0.1, -0.05) is 20.8 Å². The first-order chi connectivity index (χ1) is 11.9. The number of likely N-dealkylation sites (tertiary alicyclic amines) is 1. The summed E-state index contributed by atoms with van der Waals surface area (Å²) in [5.74, 6) is 2.19. The molecule has 1 saturated heterocycles. The Bertz CT molecular complexity index is 535. The molecule has 1 unspecified atom stereocenters. The van der Waals surface area contributed by atoms with Crippen LogP contribution in [0.1, 0.15) is 33.6 Å². The molecule has 6 heteroatoms. The fourth-order valence-electron chi connectivity index (χ4n) is 3.24. The maximum atomic E-state index is 12.2. The van der Waals surface area contributed by atoms with E-state index in [1.165, 1.54) is 12.8 Å². The van der Waals surface area contributed by atoms with E-state index in [0.29, 0.717) is 24.2 Å². The zero-order chi connectivity index (χ0) is 18.4. The predicted octanol–water partition coefficient (Wildman–Crippen LogP) is 3.03. The van der Waals surface area contributed by atoms with Crippen LogP contribution in [0, 0.1) is 11.8 Å². The molecule has 0 saturated carbocycles. The zero-order valence-corrected chi connectivity index (χ0v) is 16.2. The molecule has 2 heterocycles. The van der Waals surface area contributed by atoms with E-state index in [0.717, 1.165) is 24.8 Å². The molecule has 1 aliphatic heterocycles. The molecule has 1 aromatic heterocycles. The number of urea groups is 1. The van der Waals surface area contributed by atoms with Gasteiger partial charge in [-0.3, -0.25) is 4.90 Å². The van der Waals surface area contributed by atoms with Crippen molar-refractivity contribution >= 4 is 17.5 Å². The lowest BCUT2D eigenvalue weighted by molar-refractivity contribution is 0.108. The summed E-state index contributed by atoms with van der Waals surface area (Å²) < 4.78 is 0. The van der Waals surface area contributed by atoms with Gasteiger partial charge in [-0.05, 0) is 49.9 Å². The lowest BCUT2D eigenvalue weighted by atomic mass is 9.94. The van der Waals surface area contributed by atoms with Crippen LogP contribution in [0.4, 0.5) is 16.3 Å². The molecule has 0 bridgehead atoms. The van der Waals surface area contributed by atoms with Gasteiger partial charge in [-0.15, -0.1) is 0 Å². The highest BCUT2D eigenvalue weighted by atomic mass is 16.2. The van der Waals surface area contributed by atoms with Gasteiger partial charge in [-0.25, -0.2) is 9.78 Å². The van der Waals surface area contributed by atoms with Crippen molar-refractivity contribution in [3.05, 3.63) is 18.3 Å². The van der Waals surface area contributed by atoms with E-state index in [2.05, 4.69) is 41.3 Å². The average molecular weight is 348 g/mol. The zero-order valence-electron chi connectivity index (χ0n) is 16.2. The summed E-state index contributed by atoms with van der Waals surface area (Å²) >= 11 is 0. The van der Waals surface area contributed by atoms with Crippen LogP contribution in [-0.2, 0) is 0 Å². The fraction of sp³-hybridized carbons (Fsp3) is 0.684. The molecule has 0 aliphatic carbocycles. The van der Waals surface area contributed by atoms with Gasteiger partial charge in [0.2, 0.25) is 0 Å². The second kappa shape index (κ2) is 9.04. The molecule has 1 atom stereocenters. The van der Waals surface area contributed by atoms with Crippen LogP contribution in [0.25, 0.3) is 0 Å². The van der Waals surface area contributed by atoms with Crippen molar-refractivity contribution in [2.24, 2.45) is 11.8 Å². The van der Waals surface area contributed by atoms with Crippen LogP contribution in [0.2, 0.25) is 0 Å². The highest BCUT2D eigenvalue weighted by molar-refractivity contribution is 5.89. The summed E-state index contributed by atoms with van der Waals surface area (Å²) in [6, 6.07) is 3.97. The highest BCUT2D eigenvalue weighted by Crippen LogP contribution is 2.21. The van der Waals surface area contributed by atoms with E-state index in [1.807, 2.05) is 31.1 Å². The predicted molar refractivity (Wildman–Crippen MR) is 104 cm³/mol. The lowest BCUT2D eigenvalue weighted by Crippen LogP contribution is -2.50. The van der Waals surface area contributed by atoms with Crippen molar-refractivity contribution < 1.29 is 4.79 Å². The Balaban J connectivity index is 1.84. The van der Waals surface area contributed by atoms with E-state index < -0.39 is 0 Å². The molecule has 2 amide bonds. The number of carbonyl (C=O) groups excluding carboxylic acids is 1. The standard InChI is InChI=1S/C19H33N5O/c1-14(2)17(24-10-8-15(3)9-11-24)13-21-19(25)22-16-6-7-18(20-12-16)23(4)5/h6-7,12,14-15,17H,8-11,13H2,1-5H3,(H2,21,22,25).